The van der Waals surface area contributed by atoms with Crippen molar-refractivity contribution in [3.05, 3.63) is 42.4 Å². The van der Waals surface area contributed by atoms with Gasteiger partial charge in [-0.1, -0.05) is 0 Å². The Morgan fingerprint density at radius 1 is 1.47 bits per heavy atom. The molecule has 5 heteroatoms. The minimum atomic E-state index is 0.0199. The predicted molar refractivity (Wildman–Crippen MR) is 72.8 cm³/mol. The molecule has 1 fully saturated rings. The zero-order valence-electron chi connectivity index (χ0n) is 11.4. The number of aromatic nitrogens is 2. The molecule has 19 heavy (non-hydrogen) atoms. The molecule has 2 aromatic heterocycles. The summed E-state index contributed by atoms with van der Waals surface area (Å²) in [4.78, 5) is 6.80. The van der Waals surface area contributed by atoms with Crippen LogP contribution in [0.1, 0.15) is 24.0 Å². The molecule has 1 aliphatic heterocycles. The lowest BCUT2D eigenvalue weighted by Gasteiger charge is -2.21. The van der Waals surface area contributed by atoms with Crippen molar-refractivity contribution in [3.63, 3.8) is 0 Å². The van der Waals surface area contributed by atoms with Gasteiger partial charge >= 0.3 is 0 Å². The maximum Gasteiger partial charge on any atom is 0.133 e. The highest BCUT2D eigenvalue weighted by molar-refractivity contribution is 5.16. The van der Waals surface area contributed by atoms with Gasteiger partial charge in [-0.25, -0.2) is 4.98 Å². The van der Waals surface area contributed by atoms with E-state index in [1.807, 2.05) is 36.1 Å². The molecule has 0 aromatic carbocycles. The SMILES string of the molecule is CN1CCC(NC(c2ccco2)c2nccn2C)C1. The summed E-state index contributed by atoms with van der Waals surface area (Å²) in [6, 6.07) is 4.43. The van der Waals surface area contributed by atoms with Crippen molar-refractivity contribution in [1.29, 1.82) is 0 Å². The summed E-state index contributed by atoms with van der Waals surface area (Å²) in [5, 5.41) is 3.67. The summed E-state index contributed by atoms with van der Waals surface area (Å²) in [5.41, 5.74) is 0. The third-order valence-electron chi connectivity index (χ3n) is 3.74. The quantitative estimate of drug-likeness (QED) is 0.902. The number of likely N-dealkylation sites (tertiary alicyclic amines) is 1. The van der Waals surface area contributed by atoms with Crippen LogP contribution < -0.4 is 5.32 Å². The molecule has 2 unspecified atom stereocenters. The first-order chi connectivity index (χ1) is 9.24. The fourth-order valence-electron chi connectivity index (χ4n) is 2.70. The van der Waals surface area contributed by atoms with Crippen LogP contribution in [0, 0.1) is 0 Å². The topological polar surface area (TPSA) is 46.2 Å². The maximum atomic E-state index is 5.58. The first kappa shape index (κ1) is 12.4. The first-order valence-corrected chi connectivity index (χ1v) is 6.69. The number of hydrogen-bond acceptors (Lipinski definition) is 4. The summed E-state index contributed by atoms with van der Waals surface area (Å²) in [7, 11) is 4.17. The lowest BCUT2D eigenvalue weighted by Crippen LogP contribution is -2.36. The lowest BCUT2D eigenvalue weighted by atomic mass is 10.1. The van der Waals surface area contributed by atoms with Crippen LogP contribution in [0.3, 0.4) is 0 Å². The van der Waals surface area contributed by atoms with Crippen LogP contribution in [0.4, 0.5) is 0 Å². The molecular weight excluding hydrogens is 240 g/mol. The zero-order valence-corrected chi connectivity index (χ0v) is 11.4. The Hall–Kier alpha value is -1.59. The molecule has 2 aromatic rings. The monoisotopic (exact) mass is 260 g/mol. The fourth-order valence-corrected chi connectivity index (χ4v) is 2.70. The van der Waals surface area contributed by atoms with Crippen LogP contribution in [0.2, 0.25) is 0 Å². The van der Waals surface area contributed by atoms with E-state index in [1.165, 1.54) is 0 Å². The zero-order chi connectivity index (χ0) is 13.2. The Labute approximate surface area is 113 Å². The van der Waals surface area contributed by atoms with Crippen molar-refractivity contribution in [3.8, 4) is 0 Å². The number of likely N-dealkylation sites (N-methyl/N-ethyl adjacent to an activating group) is 1. The van der Waals surface area contributed by atoms with Gasteiger partial charge in [0.05, 0.1) is 6.26 Å². The third-order valence-corrected chi connectivity index (χ3v) is 3.74. The first-order valence-electron chi connectivity index (χ1n) is 6.69. The molecule has 0 bridgehead atoms. The van der Waals surface area contributed by atoms with E-state index in [4.69, 9.17) is 4.42 Å². The van der Waals surface area contributed by atoms with Gasteiger partial charge in [0.25, 0.3) is 0 Å². The van der Waals surface area contributed by atoms with Gasteiger partial charge < -0.3 is 13.9 Å². The van der Waals surface area contributed by atoms with Crippen LogP contribution in [0.15, 0.2) is 35.2 Å². The third kappa shape index (κ3) is 2.57. The van der Waals surface area contributed by atoms with Gasteiger partial charge in [0.15, 0.2) is 0 Å². The highest BCUT2D eigenvalue weighted by Gasteiger charge is 2.27. The Morgan fingerprint density at radius 2 is 2.37 bits per heavy atom. The van der Waals surface area contributed by atoms with E-state index in [0.29, 0.717) is 6.04 Å². The average Bonchev–Trinajstić information content (AvgIpc) is 3.08. The van der Waals surface area contributed by atoms with Gasteiger partial charge in [0.2, 0.25) is 0 Å². The molecular formula is C14H20N4O. The van der Waals surface area contributed by atoms with E-state index in [0.717, 1.165) is 31.1 Å². The number of imidazole rings is 1. The van der Waals surface area contributed by atoms with Crippen molar-refractivity contribution >= 4 is 0 Å². The highest BCUT2D eigenvalue weighted by Crippen LogP contribution is 2.23. The summed E-state index contributed by atoms with van der Waals surface area (Å²) < 4.78 is 7.62. The molecule has 1 N–H and O–H groups in total. The predicted octanol–water partition coefficient (Wildman–Crippen LogP) is 1.40. The van der Waals surface area contributed by atoms with Crippen LogP contribution >= 0.6 is 0 Å². The second kappa shape index (κ2) is 5.19. The number of nitrogens with one attached hydrogen (secondary N) is 1. The number of hydrogen-bond donors (Lipinski definition) is 1. The smallest absolute Gasteiger partial charge is 0.133 e. The molecule has 1 aliphatic rings. The van der Waals surface area contributed by atoms with E-state index in [2.05, 4.69) is 22.2 Å². The van der Waals surface area contributed by atoms with Gasteiger partial charge in [-0.3, -0.25) is 5.32 Å². The normalized spacial score (nSPS) is 21.9. The van der Waals surface area contributed by atoms with Gasteiger partial charge in [-0.2, -0.15) is 0 Å². The van der Waals surface area contributed by atoms with Gasteiger partial charge in [-0.05, 0) is 32.1 Å². The Balaban J connectivity index is 1.83. The van der Waals surface area contributed by atoms with E-state index in [1.54, 1.807) is 6.26 Å². The van der Waals surface area contributed by atoms with Crippen molar-refractivity contribution < 1.29 is 4.42 Å². The molecule has 2 atom stereocenters. The standard InChI is InChI=1S/C14H20N4O/c1-17-7-5-11(10-17)16-13(12-4-3-9-19-12)14-15-6-8-18(14)2/h3-4,6,8-9,11,13,16H,5,7,10H2,1-2H3. The van der Waals surface area contributed by atoms with E-state index >= 15 is 0 Å². The number of furan rings is 1. The molecule has 0 amide bonds. The number of aryl methyl sites for hydroxylation is 1. The van der Waals surface area contributed by atoms with Gasteiger partial charge in [-0.15, -0.1) is 0 Å². The molecule has 1 saturated heterocycles. The molecule has 3 heterocycles. The molecule has 0 saturated carbocycles. The van der Waals surface area contributed by atoms with Crippen LogP contribution in [0.25, 0.3) is 0 Å². The molecule has 5 nitrogen and oxygen atoms in total. The van der Waals surface area contributed by atoms with Crippen LogP contribution in [-0.4, -0.2) is 40.6 Å². The van der Waals surface area contributed by atoms with E-state index in [-0.39, 0.29) is 6.04 Å². The Bertz CT molecular complexity index is 519. The Morgan fingerprint density at radius 3 is 2.95 bits per heavy atom. The average molecular weight is 260 g/mol. The molecule has 0 spiro atoms. The lowest BCUT2D eigenvalue weighted by molar-refractivity contribution is 0.366. The molecule has 0 radical (unpaired) electrons. The van der Waals surface area contributed by atoms with Gasteiger partial charge in [0.1, 0.15) is 17.6 Å². The maximum absolute atomic E-state index is 5.58. The fraction of sp³-hybridized carbons (Fsp3) is 0.500. The molecule has 102 valence electrons. The second-order valence-corrected chi connectivity index (χ2v) is 5.26. The summed E-state index contributed by atoms with van der Waals surface area (Å²) in [6.45, 7) is 2.21. The molecule has 0 aliphatic carbocycles. The number of rotatable bonds is 4. The van der Waals surface area contributed by atoms with E-state index < -0.39 is 0 Å². The highest BCUT2D eigenvalue weighted by atomic mass is 16.3. The minimum absolute atomic E-state index is 0.0199. The van der Waals surface area contributed by atoms with Crippen LogP contribution in [0.5, 0.6) is 0 Å². The second-order valence-electron chi connectivity index (χ2n) is 5.26. The van der Waals surface area contributed by atoms with Crippen LogP contribution in [-0.2, 0) is 7.05 Å². The summed E-state index contributed by atoms with van der Waals surface area (Å²) in [5.74, 6) is 1.91. The van der Waals surface area contributed by atoms with Crippen molar-refractivity contribution in [1.82, 2.24) is 19.8 Å². The van der Waals surface area contributed by atoms with Crippen molar-refractivity contribution in [2.75, 3.05) is 20.1 Å². The van der Waals surface area contributed by atoms with E-state index in [9.17, 15) is 0 Å². The summed E-state index contributed by atoms with van der Waals surface area (Å²) >= 11 is 0. The largest absolute Gasteiger partial charge is 0.467 e. The number of nitrogens with zero attached hydrogens (tertiary/aromatic N) is 3. The van der Waals surface area contributed by atoms with Crippen molar-refractivity contribution in [2.45, 2.75) is 18.5 Å². The molecule has 3 rings (SSSR count). The summed E-state index contributed by atoms with van der Waals surface area (Å²) in [6.07, 6.45) is 6.67. The Kier molecular flexibility index (Phi) is 3.40. The minimum Gasteiger partial charge on any atom is -0.467 e. The van der Waals surface area contributed by atoms with Crippen molar-refractivity contribution in [2.24, 2.45) is 7.05 Å². The van der Waals surface area contributed by atoms with Gasteiger partial charge in [0, 0.05) is 32.0 Å².